The van der Waals surface area contributed by atoms with Crippen LogP contribution in [0.2, 0.25) is 0 Å². The van der Waals surface area contributed by atoms with Gasteiger partial charge in [0.15, 0.2) is 0 Å². The van der Waals surface area contributed by atoms with Crippen LogP contribution in [0.25, 0.3) is 0 Å². The number of nitrogens with one attached hydrogen (secondary N) is 2. The Morgan fingerprint density at radius 1 is 1.47 bits per heavy atom. The summed E-state index contributed by atoms with van der Waals surface area (Å²) in [6.45, 7) is 0.501. The van der Waals surface area contributed by atoms with E-state index in [-0.39, 0.29) is 5.91 Å². The first-order chi connectivity index (χ1) is 8.25. The second-order valence-corrected chi connectivity index (χ2v) is 4.25. The second kappa shape index (κ2) is 5.53. The van der Waals surface area contributed by atoms with Gasteiger partial charge in [0.05, 0.1) is 5.56 Å². The quantitative estimate of drug-likeness (QED) is 0.879. The molecule has 0 unspecified atom stereocenters. The van der Waals surface area contributed by atoms with Gasteiger partial charge in [-0.1, -0.05) is 0 Å². The lowest BCUT2D eigenvalue weighted by Crippen LogP contribution is -2.26. The molecule has 2 aromatic heterocycles. The number of rotatable bonds is 4. The van der Waals surface area contributed by atoms with E-state index in [1.54, 1.807) is 12.3 Å². The van der Waals surface area contributed by atoms with Crippen molar-refractivity contribution in [1.82, 2.24) is 25.5 Å². The van der Waals surface area contributed by atoms with Gasteiger partial charge in [0.2, 0.25) is 0 Å². The average Bonchev–Trinajstić information content (AvgIpc) is 2.82. The zero-order chi connectivity index (χ0) is 12.1. The van der Waals surface area contributed by atoms with Gasteiger partial charge in [-0.25, -0.2) is 4.98 Å². The maximum absolute atomic E-state index is 11.7. The molecule has 0 atom stereocenters. The fourth-order valence-electron chi connectivity index (χ4n) is 1.28. The van der Waals surface area contributed by atoms with Crippen LogP contribution >= 0.6 is 15.9 Å². The second-order valence-electron chi connectivity index (χ2n) is 3.33. The van der Waals surface area contributed by atoms with Crippen molar-refractivity contribution in [3.05, 3.63) is 40.6 Å². The van der Waals surface area contributed by atoms with E-state index in [1.807, 2.05) is 0 Å². The topological polar surface area (TPSA) is 83.6 Å². The molecule has 0 aliphatic carbocycles. The molecule has 6 nitrogen and oxygen atoms in total. The summed E-state index contributed by atoms with van der Waals surface area (Å²) in [4.78, 5) is 19.6. The zero-order valence-corrected chi connectivity index (χ0v) is 10.4. The van der Waals surface area contributed by atoms with Gasteiger partial charge in [0.25, 0.3) is 5.91 Å². The molecule has 2 heterocycles. The number of aromatic amines is 1. The number of carbonyl (C=O) groups is 1. The lowest BCUT2D eigenvalue weighted by Gasteiger charge is -2.03. The van der Waals surface area contributed by atoms with Crippen LogP contribution in [-0.4, -0.2) is 32.6 Å². The van der Waals surface area contributed by atoms with E-state index in [2.05, 4.69) is 41.4 Å². The first kappa shape index (κ1) is 11.7. The Hall–Kier alpha value is -1.76. The summed E-state index contributed by atoms with van der Waals surface area (Å²) < 4.78 is 0.778. The van der Waals surface area contributed by atoms with Crippen molar-refractivity contribution in [1.29, 1.82) is 0 Å². The van der Waals surface area contributed by atoms with E-state index in [0.717, 1.165) is 10.3 Å². The average molecular weight is 296 g/mol. The molecule has 0 bridgehead atoms. The molecule has 0 aliphatic rings. The van der Waals surface area contributed by atoms with Crippen LogP contribution in [-0.2, 0) is 6.42 Å². The lowest BCUT2D eigenvalue weighted by molar-refractivity contribution is 0.0953. The van der Waals surface area contributed by atoms with Crippen molar-refractivity contribution in [3.8, 4) is 0 Å². The van der Waals surface area contributed by atoms with Gasteiger partial charge in [-0.15, -0.1) is 0 Å². The van der Waals surface area contributed by atoms with Crippen LogP contribution in [0.1, 0.15) is 16.2 Å². The van der Waals surface area contributed by atoms with E-state index in [9.17, 15) is 4.79 Å². The minimum absolute atomic E-state index is 0.154. The highest BCUT2D eigenvalue weighted by molar-refractivity contribution is 9.10. The van der Waals surface area contributed by atoms with Gasteiger partial charge < -0.3 is 5.32 Å². The Morgan fingerprint density at radius 2 is 2.35 bits per heavy atom. The first-order valence-corrected chi connectivity index (χ1v) is 5.78. The SMILES string of the molecule is O=C(NCCc1ncn[nH]1)c1cncc(Br)c1. The van der Waals surface area contributed by atoms with Gasteiger partial charge in [0, 0.05) is 29.8 Å². The summed E-state index contributed by atoms with van der Waals surface area (Å²) in [6, 6.07) is 1.72. The predicted octanol–water partition coefficient (Wildman–Crippen LogP) is 0.935. The lowest BCUT2D eigenvalue weighted by atomic mass is 10.2. The molecule has 0 saturated carbocycles. The summed E-state index contributed by atoms with van der Waals surface area (Å²) in [5.41, 5.74) is 0.525. The van der Waals surface area contributed by atoms with Crippen molar-refractivity contribution >= 4 is 21.8 Å². The van der Waals surface area contributed by atoms with Gasteiger partial charge in [0.1, 0.15) is 12.2 Å². The van der Waals surface area contributed by atoms with Crippen molar-refractivity contribution in [2.75, 3.05) is 6.54 Å². The smallest absolute Gasteiger partial charge is 0.252 e. The van der Waals surface area contributed by atoms with E-state index in [1.165, 1.54) is 12.5 Å². The molecular formula is C10H10BrN5O. The Labute approximate surface area is 106 Å². The van der Waals surface area contributed by atoms with Crippen LogP contribution < -0.4 is 5.32 Å². The number of carbonyl (C=O) groups excluding carboxylic acids is 1. The fraction of sp³-hybridized carbons (Fsp3) is 0.200. The van der Waals surface area contributed by atoms with Crippen molar-refractivity contribution < 1.29 is 4.79 Å². The number of pyridine rings is 1. The third kappa shape index (κ3) is 3.35. The van der Waals surface area contributed by atoms with Gasteiger partial charge in [-0.05, 0) is 22.0 Å². The summed E-state index contributed by atoms with van der Waals surface area (Å²) in [7, 11) is 0. The Balaban J connectivity index is 1.85. The van der Waals surface area contributed by atoms with Crippen LogP contribution in [0.3, 0.4) is 0 Å². The molecule has 0 fully saturated rings. The maximum Gasteiger partial charge on any atom is 0.252 e. The maximum atomic E-state index is 11.7. The first-order valence-electron chi connectivity index (χ1n) is 4.98. The van der Waals surface area contributed by atoms with Gasteiger partial charge in [-0.2, -0.15) is 5.10 Å². The number of nitrogens with zero attached hydrogens (tertiary/aromatic N) is 3. The summed E-state index contributed by atoms with van der Waals surface area (Å²) in [5.74, 6) is 0.594. The molecule has 2 rings (SSSR count). The van der Waals surface area contributed by atoms with Crippen LogP contribution in [0, 0.1) is 0 Å². The minimum atomic E-state index is -0.154. The number of H-pyrrole nitrogens is 1. The number of amides is 1. The largest absolute Gasteiger partial charge is 0.352 e. The monoisotopic (exact) mass is 295 g/mol. The molecular weight excluding hydrogens is 286 g/mol. The van der Waals surface area contributed by atoms with E-state index in [0.29, 0.717) is 18.5 Å². The van der Waals surface area contributed by atoms with Crippen molar-refractivity contribution in [2.24, 2.45) is 0 Å². The third-order valence-electron chi connectivity index (χ3n) is 2.08. The minimum Gasteiger partial charge on any atom is -0.352 e. The predicted molar refractivity (Wildman–Crippen MR) is 64.4 cm³/mol. The summed E-state index contributed by atoms with van der Waals surface area (Å²) in [5, 5.41) is 9.23. The highest BCUT2D eigenvalue weighted by Crippen LogP contribution is 2.09. The number of hydrogen-bond donors (Lipinski definition) is 2. The van der Waals surface area contributed by atoms with Crippen molar-refractivity contribution in [2.45, 2.75) is 6.42 Å². The highest BCUT2D eigenvalue weighted by Gasteiger charge is 2.06. The fourth-order valence-corrected chi connectivity index (χ4v) is 1.65. The molecule has 0 saturated heterocycles. The van der Waals surface area contributed by atoms with Gasteiger partial charge >= 0.3 is 0 Å². The molecule has 7 heteroatoms. The molecule has 17 heavy (non-hydrogen) atoms. The molecule has 0 aromatic carbocycles. The standard InChI is InChI=1S/C10H10BrN5O/c11-8-3-7(4-12-5-8)10(17)13-2-1-9-14-6-15-16-9/h3-6H,1-2H2,(H,13,17)(H,14,15,16). The number of hydrogen-bond acceptors (Lipinski definition) is 4. The number of halogens is 1. The Bertz CT molecular complexity index is 499. The molecule has 2 aromatic rings. The van der Waals surface area contributed by atoms with Crippen molar-refractivity contribution in [3.63, 3.8) is 0 Å². The molecule has 2 N–H and O–H groups in total. The van der Waals surface area contributed by atoms with E-state index >= 15 is 0 Å². The van der Waals surface area contributed by atoms with Crippen LogP contribution in [0.5, 0.6) is 0 Å². The zero-order valence-electron chi connectivity index (χ0n) is 8.85. The normalized spacial score (nSPS) is 10.2. The third-order valence-corrected chi connectivity index (χ3v) is 2.51. The molecule has 88 valence electrons. The molecule has 0 spiro atoms. The van der Waals surface area contributed by atoms with E-state index < -0.39 is 0 Å². The molecule has 0 aliphatic heterocycles. The number of aromatic nitrogens is 4. The summed E-state index contributed by atoms with van der Waals surface area (Å²) >= 11 is 3.26. The Morgan fingerprint density at radius 3 is 3.06 bits per heavy atom. The summed E-state index contributed by atoms with van der Waals surface area (Å²) in [6.07, 6.45) is 5.21. The highest BCUT2D eigenvalue weighted by atomic mass is 79.9. The van der Waals surface area contributed by atoms with Crippen LogP contribution in [0.15, 0.2) is 29.3 Å². The molecule has 0 radical (unpaired) electrons. The Kier molecular flexibility index (Phi) is 3.81. The van der Waals surface area contributed by atoms with E-state index in [4.69, 9.17) is 0 Å². The van der Waals surface area contributed by atoms with Crippen LogP contribution in [0.4, 0.5) is 0 Å². The van der Waals surface area contributed by atoms with Gasteiger partial charge in [-0.3, -0.25) is 14.9 Å². The molecule has 1 amide bonds.